The average molecular weight is 224 g/mol. The Balaban J connectivity index is 3.19. The van der Waals surface area contributed by atoms with Gasteiger partial charge in [0.05, 0.1) is 0 Å². The second-order valence-corrected chi connectivity index (χ2v) is 6.71. The van der Waals surface area contributed by atoms with Crippen LogP contribution in [0.4, 0.5) is 0 Å². The highest BCUT2D eigenvalue weighted by Gasteiger charge is 2.55. The highest BCUT2D eigenvalue weighted by molar-refractivity contribution is 5.22. The molecule has 92 valence electrons. The van der Waals surface area contributed by atoms with Crippen LogP contribution in [0.5, 0.6) is 0 Å². The van der Waals surface area contributed by atoms with E-state index in [9.17, 15) is 0 Å². The summed E-state index contributed by atoms with van der Waals surface area (Å²) in [4.78, 5) is 10.5. The van der Waals surface area contributed by atoms with Gasteiger partial charge in [0.1, 0.15) is 0 Å². The molecular weight excluding hydrogens is 200 g/mol. The Kier molecular flexibility index (Phi) is 3.32. The summed E-state index contributed by atoms with van der Waals surface area (Å²) in [5.41, 5.74) is -0.422. The van der Waals surface area contributed by atoms with Crippen LogP contribution < -0.4 is 0 Å². The molecule has 0 aromatic carbocycles. The van der Waals surface area contributed by atoms with Crippen molar-refractivity contribution in [2.75, 3.05) is 0 Å². The molecule has 1 rings (SSSR count). The van der Waals surface area contributed by atoms with Crippen molar-refractivity contribution in [3.63, 3.8) is 0 Å². The van der Waals surface area contributed by atoms with Gasteiger partial charge in [-0.2, -0.15) is 4.89 Å². The zero-order valence-corrected chi connectivity index (χ0v) is 11.6. The molecule has 0 amide bonds. The van der Waals surface area contributed by atoms with E-state index in [0.717, 1.165) is 6.42 Å². The average Bonchev–Trinajstić information content (AvgIpc) is 2.51. The van der Waals surface area contributed by atoms with Crippen molar-refractivity contribution in [3.05, 3.63) is 0 Å². The Morgan fingerprint density at radius 3 is 1.94 bits per heavy atom. The number of hydrogen-bond donors (Lipinski definition) is 0. The van der Waals surface area contributed by atoms with Crippen molar-refractivity contribution < 1.29 is 9.78 Å². The molecule has 1 heterocycles. The topological polar surface area (TPSA) is 18.5 Å². The molecule has 0 spiro atoms. The maximum absolute atomic E-state index is 5.56. The third-order valence-corrected chi connectivity index (χ3v) is 3.51. The van der Waals surface area contributed by atoms with Crippen molar-refractivity contribution in [1.82, 2.24) is 0 Å². The summed E-state index contributed by atoms with van der Waals surface area (Å²) in [5, 5.41) is 0. The molecule has 0 saturated heterocycles. The Hall–Kier alpha value is -0.680. The highest BCUT2D eigenvalue weighted by atomic mass is 17.2. The van der Waals surface area contributed by atoms with Gasteiger partial charge >= 0.3 is 0 Å². The first-order chi connectivity index (χ1) is 7.15. The molecule has 16 heavy (non-hydrogen) atoms. The Morgan fingerprint density at radius 2 is 1.69 bits per heavy atom. The Morgan fingerprint density at radius 1 is 1.12 bits per heavy atom. The first-order valence-corrected chi connectivity index (χ1v) is 6.02. The third-order valence-electron chi connectivity index (χ3n) is 3.51. The predicted molar refractivity (Wildman–Crippen MR) is 65.4 cm³/mol. The minimum Gasteiger partial charge on any atom is -0.281 e. The summed E-state index contributed by atoms with van der Waals surface area (Å²) < 4.78 is 0. The van der Waals surface area contributed by atoms with Crippen molar-refractivity contribution >= 4 is 0 Å². The molecule has 1 aliphatic rings. The molecule has 2 atom stereocenters. The fourth-order valence-corrected chi connectivity index (χ4v) is 2.69. The summed E-state index contributed by atoms with van der Waals surface area (Å²) in [7, 11) is 0. The van der Waals surface area contributed by atoms with E-state index < -0.39 is 5.60 Å². The van der Waals surface area contributed by atoms with E-state index in [0.29, 0.717) is 5.92 Å². The van der Waals surface area contributed by atoms with Gasteiger partial charge in [-0.3, -0.25) is 4.89 Å². The molecule has 2 heteroatoms. The zero-order valence-electron chi connectivity index (χ0n) is 11.6. The second-order valence-electron chi connectivity index (χ2n) is 6.71. The fourth-order valence-electron chi connectivity index (χ4n) is 2.69. The quantitative estimate of drug-likeness (QED) is 0.525. The lowest BCUT2D eigenvalue weighted by molar-refractivity contribution is -0.331. The minimum absolute atomic E-state index is 0.0650. The summed E-state index contributed by atoms with van der Waals surface area (Å²) in [6.07, 6.45) is 3.66. The Labute approximate surface area is 99.6 Å². The van der Waals surface area contributed by atoms with E-state index in [1.807, 2.05) is 0 Å². The van der Waals surface area contributed by atoms with Crippen molar-refractivity contribution in [2.24, 2.45) is 16.7 Å². The van der Waals surface area contributed by atoms with Gasteiger partial charge in [0.25, 0.3) is 0 Å². The molecule has 0 fully saturated rings. The van der Waals surface area contributed by atoms with Crippen LogP contribution in [-0.4, -0.2) is 5.60 Å². The van der Waals surface area contributed by atoms with Crippen LogP contribution in [0.1, 0.15) is 54.9 Å². The number of rotatable bonds is 2. The van der Waals surface area contributed by atoms with Gasteiger partial charge < -0.3 is 0 Å². The monoisotopic (exact) mass is 224 g/mol. The van der Waals surface area contributed by atoms with Crippen LogP contribution in [0, 0.1) is 28.8 Å². The van der Waals surface area contributed by atoms with E-state index >= 15 is 0 Å². The SMILES string of the molecule is CCC(C(C)(C)C)C1(C(C)(C)C)C#COO1. The molecular formula is C14H24O2. The van der Waals surface area contributed by atoms with Gasteiger partial charge in [-0.1, -0.05) is 48.5 Å². The maximum Gasteiger partial charge on any atom is 0.187 e. The summed E-state index contributed by atoms with van der Waals surface area (Å²) >= 11 is 0. The van der Waals surface area contributed by atoms with Crippen LogP contribution in [0.15, 0.2) is 0 Å². The maximum atomic E-state index is 5.56. The molecule has 2 nitrogen and oxygen atoms in total. The normalized spacial score (nSPS) is 26.9. The smallest absolute Gasteiger partial charge is 0.187 e. The number of hydrogen-bond acceptors (Lipinski definition) is 2. The van der Waals surface area contributed by atoms with Gasteiger partial charge in [-0.25, -0.2) is 0 Å². The summed E-state index contributed by atoms with van der Waals surface area (Å²) in [6.45, 7) is 15.4. The standard InChI is InChI=1S/C14H24O2/c1-8-11(12(2,3)4)14(13(5,6)7)9-10-15-16-14/h11H,8H2,1-7H3. The van der Waals surface area contributed by atoms with Crippen molar-refractivity contribution in [1.29, 1.82) is 0 Å². The lowest BCUT2D eigenvalue weighted by Gasteiger charge is -2.46. The van der Waals surface area contributed by atoms with Gasteiger partial charge in [0.15, 0.2) is 11.7 Å². The van der Waals surface area contributed by atoms with E-state index in [4.69, 9.17) is 9.78 Å². The zero-order chi connectivity index (χ0) is 12.6. The molecule has 0 N–H and O–H groups in total. The van der Waals surface area contributed by atoms with E-state index in [1.54, 1.807) is 0 Å². The molecule has 0 aromatic heterocycles. The van der Waals surface area contributed by atoms with Crippen molar-refractivity contribution in [2.45, 2.75) is 60.5 Å². The van der Waals surface area contributed by atoms with Gasteiger partial charge in [-0.15, -0.1) is 0 Å². The van der Waals surface area contributed by atoms with Gasteiger partial charge in [0, 0.05) is 11.3 Å². The third kappa shape index (κ3) is 2.06. The lowest BCUT2D eigenvalue weighted by Crippen LogP contribution is -2.53. The van der Waals surface area contributed by atoms with Crippen LogP contribution in [-0.2, 0) is 9.78 Å². The lowest BCUT2D eigenvalue weighted by atomic mass is 9.60. The molecule has 0 bridgehead atoms. The second kappa shape index (κ2) is 3.96. The molecule has 2 unspecified atom stereocenters. The van der Waals surface area contributed by atoms with Crippen molar-refractivity contribution in [3.8, 4) is 12.0 Å². The first-order valence-electron chi connectivity index (χ1n) is 6.02. The van der Waals surface area contributed by atoms with Crippen LogP contribution >= 0.6 is 0 Å². The molecule has 1 aliphatic heterocycles. The van der Waals surface area contributed by atoms with E-state index in [-0.39, 0.29) is 10.8 Å². The van der Waals surface area contributed by atoms with Gasteiger partial charge in [-0.05, 0) is 17.8 Å². The Bertz CT molecular complexity index is 308. The minimum atomic E-state index is -0.500. The van der Waals surface area contributed by atoms with Crippen LogP contribution in [0.3, 0.4) is 0 Å². The summed E-state index contributed by atoms with van der Waals surface area (Å²) in [5.74, 6) is 3.52. The molecule has 0 radical (unpaired) electrons. The van der Waals surface area contributed by atoms with Gasteiger partial charge in [0.2, 0.25) is 0 Å². The van der Waals surface area contributed by atoms with Crippen LogP contribution in [0.25, 0.3) is 0 Å². The van der Waals surface area contributed by atoms with E-state index in [2.05, 4.69) is 60.5 Å². The first kappa shape index (κ1) is 13.4. The fraction of sp³-hybridized carbons (Fsp3) is 0.857. The molecule has 0 saturated carbocycles. The van der Waals surface area contributed by atoms with E-state index in [1.165, 1.54) is 0 Å². The molecule has 0 aliphatic carbocycles. The van der Waals surface area contributed by atoms with Crippen LogP contribution in [0.2, 0.25) is 0 Å². The predicted octanol–water partition coefficient (Wildman–Crippen LogP) is 3.77. The molecule has 0 aromatic rings. The largest absolute Gasteiger partial charge is 0.281 e. The highest BCUT2D eigenvalue weighted by Crippen LogP contribution is 2.49. The summed E-state index contributed by atoms with van der Waals surface area (Å²) in [6, 6.07) is 0.